The molecule has 2 amide bonds. The zero-order valence-electron chi connectivity index (χ0n) is 14.6. The van der Waals surface area contributed by atoms with Gasteiger partial charge in [0.25, 0.3) is 0 Å². The lowest BCUT2D eigenvalue weighted by molar-refractivity contribution is -0.126. The van der Waals surface area contributed by atoms with Gasteiger partial charge in [0.1, 0.15) is 24.9 Å². The summed E-state index contributed by atoms with van der Waals surface area (Å²) in [4.78, 5) is 25.8. The van der Waals surface area contributed by atoms with Crippen molar-refractivity contribution in [3.8, 4) is 0 Å². The van der Waals surface area contributed by atoms with Crippen LogP contribution in [0.3, 0.4) is 0 Å². The van der Waals surface area contributed by atoms with Crippen molar-refractivity contribution in [1.29, 1.82) is 0 Å². The van der Waals surface area contributed by atoms with Gasteiger partial charge in [0.15, 0.2) is 0 Å². The van der Waals surface area contributed by atoms with Gasteiger partial charge in [-0.3, -0.25) is 9.59 Å². The standard InChI is InChI=1S/C18H24N2O6/c1-25-10-15(21)19-9-14-18(24)17(23)13(26-14)8-16(22)20-7-6-11-4-2-3-5-12(11)20/h2-5,13-14,17-18,23-24H,6-10H2,1H3,(H,19,21)/t13-,14+,17-,18+/m0/s1. The average molecular weight is 364 g/mol. The number of aliphatic hydroxyl groups is 2. The van der Waals surface area contributed by atoms with E-state index in [2.05, 4.69) is 5.32 Å². The van der Waals surface area contributed by atoms with Crippen LogP contribution in [0.25, 0.3) is 0 Å². The molecule has 8 heteroatoms. The van der Waals surface area contributed by atoms with Gasteiger partial charge >= 0.3 is 0 Å². The summed E-state index contributed by atoms with van der Waals surface area (Å²) < 4.78 is 10.3. The maximum atomic E-state index is 12.6. The number of anilines is 1. The number of carbonyl (C=O) groups excluding carboxylic acids is 2. The average Bonchev–Trinajstić information content (AvgIpc) is 3.17. The normalized spacial score (nSPS) is 27.4. The molecule has 2 heterocycles. The van der Waals surface area contributed by atoms with Crippen LogP contribution in [-0.2, 0) is 25.5 Å². The van der Waals surface area contributed by atoms with E-state index in [-0.39, 0.29) is 31.4 Å². The topological polar surface area (TPSA) is 108 Å². The number of hydrogen-bond acceptors (Lipinski definition) is 6. The highest BCUT2D eigenvalue weighted by molar-refractivity contribution is 5.95. The van der Waals surface area contributed by atoms with E-state index >= 15 is 0 Å². The first-order valence-electron chi connectivity index (χ1n) is 8.66. The van der Waals surface area contributed by atoms with Crippen LogP contribution in [0.5, 0.6) is 0 Å². The molecule has 8 nitrogen and oxygen atoms in total. The molecule has 26 heavy (non-hydrogen) atoms. The van der Waals surface area contributed by atoms with Crippen molar-refractivity contribution in [3.05, 3.63) is 29.8 Å². The van der Waals surface area contributed by atoms with E-state index in [1.165, 1.54) is 7.11 Å². The van der Waals surface area contributed by atoms with E-state index < -0.39 is 24.4 Å². The Morgan fingerprint density at radius 3 is 2.77 bits per heavy atom. The number of fused-ring (bicyclic) bond motifs is 1. The highest BCUT2D eigenvalue weighted by atomic mass is 16.5. The molecule has 3 N–H and O–H groups in total. The molecule has 2 aliphatic heterocycles. The number of para-hydroxylation sites is 1. The first-order chi connectivity index (χ1) is 12.5. The van der Waals surface area contributed by atoms with Gasteiger partial charge in [-0.1, -0.05) is 18.2 Å². The lowest BCUT2D eigenvalue weighted by Gasteiger charge is -2.21. The number of nitrogens with zero attached hydrogens (tertiary/aromatic N) is 1. The Labute approximate surface area is 151 Å². The molecule has 0 aromatic heterocycles. The van der Waals surface area contributed by atoms with Crippen LogP contribution >= 0.6 is 0 Å². The van der Waals surface area contributed by atoms with Crippen LogP contribution in [0.4, 0.5) is 5.69 Å². The molecule has 1 aromatic rings. The quantitative estimate of drug-likeness (QED) is 0.611. The first-order valence-corrected chi connectivity index (χ1v) is 8.66. The molecular weight excluding hydrogens is 340 g/mol. The summed E-state index contributed by atoms with van der Waals surface area (Å²) in [6.45, 7) is 0.541. The van der Waals surface area contributed by atoms with Crippen molar-refractivity contribution in [2.24, 2.45) is 0 Å². The zero-order valence-corrected chi connectivity index (χ0v) is 14.6. The molecule has 3 rings (SSSR count). The summed E-state index contributed by atoms with van der Waals surface area (Å²) >= 11 is 0. The molecule has 142 valence electrons. The lowest BCUT2D eigenvalue weighted by Crippen LogP contribution is -2.41. The third-order valence-electron chi connectivity index (χ3n) is 4.80. The summed E-state index contributed by atoms with van der Waals surface area (Å²) in [6, 6.07) is 7.71. The number of carbonyl (C=O) groups is 2. The fraction of sp³-hybridized carbons (Fsp3) is 0.556. The number of ether oxygens (including phenoxy) is 2. The summed E-state index contributed by atoms with van der Waals surface area (Å²) in [5.74, 6) is -0.499. The lowest BCUT2D eigenvalue weighted by atomic mass is 10.0. The molecule has 0 unspecified atom stereocenters. The van der Waals surface area contributed by atoms with Crippen LogP contribution in [0.2, 0.25) is 0 Å². The minimum absolute atomic E-state index is 0.0327. The Morgan fingerprint density at radius 2 is 2.00 bits per heavy atom. The van der Waals surface area contributed by atoms with Crippen LogP contribution in [0.1, 0.15) is 12.0 Å². The Morgan fingerprint density at radius 1 is 1.27 bits per heavy atom. The van der Waals surface area contributed by atoms with Crippen LogP contribution in [0, 0.1) is 0 Å². The molecule has 2 aliphatic rings. The van der Waals surface area contributed by atoms with Crippen molar-refractivity contribution in [2.75, 3.05) is 31.7 Å². The fourth-order valence-electron chi connectivity index (χ4n) is 3.44. The molecule has 1 aromatic carbocycles. The molecule has 0 saturated carbocycles. The molecule has 4 atom stereocenters. The third-order valence-corrected chi connectivity index (χ3v) is 4.80. The Bertz CT molecular complexity index is 667. The number of rotatable bonds is 6. The Balaban J connectivity index is 1.56. The van der Waals surface area contributed by atoms with E-state index in [1.54, 1.807) is 4.90 Å². The van der Waals surface area contributed by atoms with E-state index in [1.807, 2.05) is 24.3 Å². The van der Waals surface area contributed by atoms with Crippen molar-refractivity contribution in [1.82, 2.24) is 5.32 Å². The van der Waals surface area contributed by atoms with E-state index in [0.717, 1.165) is 17.7 Å². The fourth-order valence-corrected chi connectivity index (χ4v) is 3.44. The van der Waals surface area contributed by atoms with Gasteiger partial charge < -0.3 is 29.9 Å². The molecule has 1 saturated heterocycles. The molecule has 0 radical (unpaired) electrons. The van der Waals surface area contributed by atoms with Crippen LogP contribution in [-0.4, -0.2) is 73.2 Å². The second kappa shape index (κ2) is 8.13. The number of nitrogens with one attached hydrogen (secondary N) is 1. The van der Waals surface area contributed by atoms with Gasteiger partial charge in [-0.2, -0.15) is 0 Å². The molecule has 0 aliphatic carbocycles. The predicted molar refractivity (Wildman–Crippen MR) is 92.7 cm³/mol. The predicted octanol–water partition coefficient (Wildman–Crippen LogP) is -0.782. The summed E-state index contributed by atoms with van der Waals surface area (Å²) in [7, 11) is 1.41. The van der Waals surface area contributed by atoms with E-state index in [0.29, 0.717) is 6.54 Å². The van der Waals surface area contributed by atoms with E-state index in [9.17, 15) is 19.8 Å². The molecule has 0 bridgehead atoms. The molecule has 1 fully saturated rings. The van der Waals surface area contributed by atoms with Gasteiger partial charge in [-0.25, -0.2) is 0 Å². The maximum Gasteiger partial charge on any atom is 0.246 e. The van der Waals surface area contributed by atoms with Gasteiger partial charge in [-0.15, -0.1) is 0 Å². The van der Waals surface area contributed by atoms with Crippen molar-refractivity contribution in [3.63, 3.8) is 0 Å². The van der Waals surface area contributed by atoms with Crippen molar-refractivity contribution >= 4 is 17.5 Å². The second-order valence-corrected chi connectivity index (χ2v) is 6.56. The minimum Gasteiger partial charge on any atom is -0.388 e. The Hall–Kier alpha value is -2.00. The van der Waals surface area contributed by atoms with Crippen LogP contribution in [0.15, 0.2) is 24.3 Å². The van der Waals surface area contributed by atoms with Crippen molar-refractivity contribution in [2.45, 2.75) is 37.3 Å². The van der Waals surface area contributed by atoms with E-state index in [4.69, 9.17) is 9.47 Å². The maximum absolute atomic E-state index is 12.6. The third kappa shape index (κ3) is 3.88. The SMILES string of the molecule is COCC(=O)NC[C@H]1O[C@@H](CC(=O)N2CCc3ccccc32)[C@H](O)[C@@H]1O. The molecule has 0 spiro atoms. The zero-order chi connectivity index (χ0) is 18.7. The number of aliphatic hydroxyl groups excluding tert-OH is 2. The van der Waals surface area contributed by atoms with Crippen LogP contribution < -0.4 is 10.2 Å². The van der Waals surface area contributed by atoms with Gasteiger partial charge in [0, 0.05) is 25.9 Å². The summed E-state index contributed by atoms with van der Waals surface area (Å²) in [5.41, 5.74) is 2.00. The molecular formula is C18H24N2O6. The van der Waals surface area contributed by atoms with Gasteiger partial charge in [-0.05, 0) is 18.1 Å². The minimum atomic E-state index is -1.18. The van der Waals surface area contributed by atoms with Gasteiger partial charge in [0.05, 0.1) is 12.5 Å². The number of benzene rings is 1. The number of amides is 2. The summed E-state index contributed by atoms with van der Waals surface area (Å²) in [5, 5.41) is 22.9. The second-order valence-electron chi connectivity index (χ2n) is 6.56. The smallest absolute Gasteiger partial charge is 0.246 e. The highest BCUT2D eigenvalue weighted by Gasteiger charge is 2.44. The van der Waals surface area contributed by atoms with Crippen molar-refractivity contribution < 1.29 is 29.3 Å². The van der Waals surface area contributed by atoms with Gasteiger partial charge in [0.2, 0.25) is 11.8 Å². The number of methoxy groups -OCH3 is 1. The number of hydrogen-bond donors (Lipinski definition) is 3. The highest BCUT2D eigenvalue weighted by Crippen LogP contribution is 2.30. The first kappa shape index (κ1) is 18.8. The largest absolute Gasteiger partial charge is 0.388 e. The summed E-state index contributed by atoms with van der Waals surface area (Å²) in [6.07, 6.45) is -3.16. The Kier molecular flexibility index (Phi) is 5.87. The monoisotopic (exact) mass is 364 g/mol.